The molecule has 0 saturated carbocycles. The third kappa shape index (κ3) is 13.4. The van der Waals surface area contributed by atoms with Crippen LogP contribution in [-0.4, -0.2) is 0 Å². The van der Waals surface area contributed by atoms with Gasteiger partial charge < -0.3 is 0 Å². The van der Waals surface area contributed by atoms with Crippen molar-refractivity contribution in [2.24, 2.45) is 5.92 Å². The van der Waals surface area contributed by atoms with Gasteiger partial charge >= 0.3 is 0 Å². The van der Waals surface area contributed by atoms with Crippen LogP contribution in [0.25, 0.3) is 0 Å². The molecular weight excluding hydrogens is 290 g/mol. The van der Waals surface area contributed by atoms with Gasteiger partial charge in [-0.1, -0.05) is 82.1 Å². The lowest BCUT2D eigenvalue weighted by molar-refractivity contribution is 0.486. The first kappa shape index (κ1) is 21.0. The molecule has 0 aromatic carbocycles. The number of allylic oxidation sites excluding steroid dienone is 4. The van der Waals surface area contributed by atoms with E-state index < -0.39 is 0 Å². The Morgan fingerprint density at radius 1 is 0.500 bits per heavy atom. The third-order valence-corrected chi connectivity index (χ3v) is 5.11. The molecule has 0 bridgehead atoms. The van der Waals surface area contributed by atoms with Gasteiger partial charge in [0, 0.05) is 5.92 Å². The Labute approximate surface area is 151 Å². The van der Waals surface area contributed by atoms with Crippen molar-refractivity contribution in [1.82, 2.24) is 0 Å². The molecule has 136 valence electrons. The minimum atomic E-state index is 0.291. The first-order chi connectivity index (χ1) is 11.9. The van der Waals surface area contributed by atoms with Crippen molar-refractivity contribution >= 4 is 0 Å². The minimum Gasteiger partial charge on any atom is -0.198 e. The van der Waals surface area contributed by atoms with Crippen LogP contribution in [0.4, 0.5) is 0 Å². The van der Waals surface area contributed by atoms with E-state index in [0.717, 1.165) is 25.7 Å². The Balaban J connectivity index is 2.24. The predicted molar refractivity (Wildman–Crippen MR) is 106 cm³/mol. The molecule has 1 atom stereocenters. The average Bonchev–Trinajstić information content (AvgIpc) is 2.60. The van der Waals surface area contributed by atoms with E-state index in [9.17, 15) is 5.26 Å². The summed E-state index contributed by atoms with van der Waals surface area (Å²) in [4.78, 5) is 0. The Hall–Kier alpha value is -1.03. The molecule has 0 radical (unpaired) electrons. The van der Waals surface area contributed by atoms with Crippen LogP contribution in [0, 0.1) is 17.2 Å². The van der Waals surface area contributed by atoms with Gasteiger partial charge in [0.15, 0.2) is 0 Å². The van der Waals surface area contributed by atoms with Crippen LogP contribution in [-0.2, 0) is 0 Å². The van der Waals surface area contributed by atoms with Crippen molar-refractivity contribution in [3.05, 3.63) is 24.3 Å². The summed E-state index contributed by atoms with van der Waals surface area (Å²) in [5.74, 6) is 0.291. The molecule has 0 aromatic rings. The zero-order chi connectivity index (χ0) is 17.1. The molecular formula is C23H39N. The zero-order valence-corrected chi connectivity index (χ0v) is 15.9. The van der Waals surface area contributed by atoms with Gasteiger partial charge in [0.2, 0.25) is 0 Å². The lowest BCUT2D eigenvalue weighted by Crippen LogP contribution is -1.97. The highest BCUT2D eigenvalue weighted by molar-refractivity contribution is 4.89. The fraction of sp³-hybridized carbons (Fsp3) is 0.783. The molecule has 1 unspecified atom stereocenters. The number of rotatable bonds is 0. The van der Waals surface area contributed by atoms with E-state index in [1.807, 2.05) is 0 Å². The summed E-state index contributed by atoms with van der Waals surface area (Å²) >= 11 is 0. The van der Waals surface area contributed by atoms with E-state index >= 15 is 0 Å². The molecule has 0 heterocycles. The summed E-state index contributed by atoms with van der Waals surface area (Å²) < 4.78 is 0. The first-order valence-electron chi connectivity index (χ1n) is 10.6. The maximum absolute atomic E-state index is 9.28. The van der Waals surface area contributed by atoms with E-state index in [2.05, 4.69) is 30.4 Å². The van der Waals surface area contributed by atoms with Gasteiger partial charge in [-0.25, -0.2) is 0 Å². The van der Waals surface area contributed by atoms with E-state index in [-0.39, 0.29) is 0 Å². The number of hydrogen-bond donors (Lipinski definition) is 0. The standard InChI is InChI=1S/C23H39N/c24-22-23-20-18-16-14-12-10-8-6-4-2-1-3-5-7-9-11-13-15-17-19-21-23/h4,6,12,14,23H,1-3,5,7-11,13,15-21H2/b6-4+,14-12+. The molecule has 1 aliphatic carbocycles. The maximum atomic E-state index is 9.28. The third-order valence-electron chi connectivity index (χ3n) is 5.11. The Bertz CT molecular complexity index is 361. The number of nitriles is 1. The van der Waals surface area contributed by atoms with Crippen molar-refractivity contribution in [1.29, 1.82) is 5.26 Å². The number of hydrogen-bond acceptors (Lipinski definition) is 1. The molecule has 0 N–H and O–H groups in total. The zero-order valence-electron chi connectivity index (χ0n) is 15.9. The highest BCUT2D eigenvalue weighted by atomic mass is 14.3. The van der Waals surface area contributed by atoms with Crippen LogP contribution >= 0.6 is 0 Å². The van der Waals surface area contributed by atoms with Crippen LogP contribution in [0.15, 0.2) is 24.3 Å². The molecule has 1 aliphatic rings. The van der Waals surface area contributed by atoms with E-state index in [1.54, 1.807) is 0 Å². The lowest BCUT2D eigenvalue weighted by Gasteiger charge is -2.08. The highest BCUT2D eigenvalue weighted by Crippen LogP contribution is 2.18. The van der Waals surface area contributed by atoms with Crippen LogP contribution in [0.3, 0.4) is 0 Å². The Morgan fingerprint density at radius 2 is 0.917 bits per heavy atom. The molecule has 1 heteroatoms. The Kier molecular flexibility index (Phi) is 14.7. The van der Waals surface area contributed by atoms with Gasteiger partial charge in [-0.05, 0) is 51.4 Å². The van der Waals surface area contributed by atoms with Crippen molar-refractivity contribution in [2.75, 3.05) is 0 Å². The monoisotopic (exact) mass is 329 g/mol. The molecule has 0 aliphatic heterocycles. The SMILES string of the molecule is N#CC1CCC/C=C/CC/C=C/CCCCCCCCCCCC1. The molecule has 24 heavy (non-hydrogen) atoms. The van der Waals surface area contributed by atoms with Crippen LogP contribution < -0.4 is 0 Å². The van der Waals surface area contributed by atoms with Gasteiger partial charge in [0.1, 0.15) is 0 Å². The van der Waals surface area contributed by atoms with Gasteiger partial charge in [0.05, 0.1) is 6.07 Å². The van der Waals surface area contributed by atoms with Gasteiger partial charge in [-0.3, -0.25) is 0 Å². The first-order valence-corrected chi connectivity index (χ1v) is 10.6. The summed E-state index contributed by atoms with van der Waals surface area (Å²) in [6.45, 7) is 0. The smallest absolute Gasteiger partial charge is 0.0655 e. The predicted octanol–water partition coefficient (Wildman–Crippen LogP) is 7.88. The molecule has 0 saturated heterocycles. The fourth-order valence-corrected chi connectivity index (χ4v) is 3.49. The average molecular weight is 330 g/mol. The van der Waals surface area contributed by atoms with Crippen LogP contribution in [0.2, 0.25) is 0 Å². The molecule has 1 nitrogen and oxygen atoms in total. The van der Waals surface area contributed by atoms with Gasteiger partial charge in [0.25, 0.3) is 0 Å². The quantitative estimate of drug-likeness (QED) is 0.414. The largest absolute Gasteiger partial charge is 0.198 e. The normalized spacial score (nSPS) is 27.0. The summed E-state index contributed by atoms with van der Waals surface area (Å²) in [5.41, 5.74) is 0. The number of nitrogens with zero attached hydrogens (tertiary/aromatic N) is 1. The van der Waals surface area contributed by atoms with Gasteiger partial charge in [-0.15, -0.1) is 0 Å². The summed E-state index contributed by atoms with van der Waals surface area (Å²) in [5, 5.41) is 9.28. The summed E-state index contributed by atoms with van der Waals surface area (Å²) in [6.07, 6.45) is 31.2. The minimum absolute atomic E-state index is 0.291. The second kappa shape index (κ2) is 16.8. The van der Waals surface area contributed by atoms with Crippen molar-refractivity contribution in [2.45, 2.75) is 109 Å². The van der Waals surface area contributed by atoms with Gasteiger partial charge in [-0.2, -0.15) is 5.26 Å². The Morgan fingerprint density at radius 3 is 1.50 bits per heavy atom. The second-order valence-corrected chi connectivity index (χ2v) is 7.39. The highest BCUT2D eigenvalue weighted by Gasteiger charge is 2.06. The van der Waals surface area contributed by atoms with E-state index in [4.69, 9.17) is 0 Å². The maximum Gasteiger partial charge on any atom is 0.0655 e. The van der Waals surface area contributed by atoms with Crippen molar-refractivity contribution in [3.63, 3.8) is 0 Å². The lowest BCUT2D eigenvalue weighted by atomic mass is 9.96. The summed E-state index contributed by atoms with van der Waals surface area (Å²) in [7, 11) is 0. The molecule has 0 spiro atoms. The second-order valence-electron chi connectivity index (χ2n) is 7.39. The molecule has 0 amide bonds. The summed E-state index contributed by atoms with van der Waals surface area (Å²) in [6, 6.07) is 2.52. The van der Waals surface area contributed by atoms with E-state index in [0.29, 0.717) is 5.92 Å². The van der Waals surface area contributed by atoms with Crippen molar-refractivity contribution < 1.29 is 0 Å². The molecule has 0 aromatic heterocycles. The fourth-order valence-electron chi connectivity index (χ4n) is 3.49. The van der Waals surface area contributed by atoms with Crippen molar-refractivity contribution in [3.8, 4) is 6.07 Å². The van der Waals surface area contributed by atoms with Crippen LogP contribution in [0.5, 0.6) is 0 Å². The topological polar surface area (TPSA) is 23.8 Å². The molecule has 1 rings (SSSR count). The van der Waals surface area contributed by atoms with Crippen LogP contribution in [0.1, 0.15) is 109 Å². The van der Waals surface area contributed by atoms with E-state index in [1.165, 1.54) is 83.5 Å². The molecule has 0 fully saturated rings.